The topological polar surface area (TPSA) is 90.2 Å². The number of aromatic hydroxyl groups is 4. The van der Waals surface area contributed by atoms with Crippen LogP contribution in [-0.4, -0.2) is 28.3 Å². The normalized spacial score (nSPS) is 16.7. The molecule has 4 N–H and O–H groups in total. The Bertz CT molecular complexity index is 794. The van der Waals surface area contributed by atoms with E-state index in [1.165, 1.54) is 12.1 Å². The van der Waals surface area contributed by atoms with Gasteiger partial charge in [-0.25, -0.2) is 0 Å². The molecule has 1 aliphatic rings. The van der Waals surface area contributed by atoms with Crippen molar-refractivity contribution in [2.75, 3.05) is 0 Å². The lowest BCUT2D eigenvalue weighted by Crippen LogP contribution is -2.15. The molecule has 1 atom stereocenters. The van der Waals surface area contributed by atoms with Crippen molar-refractivity contribution in [1.29, 1.82) is 0 Å². The van der Waals surface area contributed by atoms with Crippen LogP contribution in [0.5, 0.6) is 23.0 Å². The van der Waals surface area contributed by atoms with Crippen molar-refractivity contribution < 1.29 is 25.2 Å². The van der Waals surface area contributed by atoms with Crippen LogP contribution in [-0.2, 0) is 11.3 Å². The number of halogens is 2. The summed E-state index contributed by atoms with van der Waals surface area (Å²) < 4.78 is 6.46. The second kappa shape index (κ2) is 5.36. The zero-order chi connectivity index (χ0) is 16.2. The van der Waals surface area contributed by atoms with E-state index in [-0.39, 0.29) is 33.8 Å². The van der Waals surface area contributed by atoms with Crippen LogP contribution in [0.25, 0.3) is 0 Å². The van der Waals surface area contributed by atoms with Gasteiger partial charge in [-0.1, -0.05) is 0 Å². The van der Waals surface area contributed by atoms with Gasteiger partial charge in [0.05, 0.1) is 11.1 Å². The number of hydrogen-bond acceptors (Lipinski definition) is 5. The van der Waals surface area contributed by atoms with Gasteiger partial charge in [-0.2, -0.15) is 0 Å². The number of phenolic OH excluding ortho intramolecular Hbond substituents is 4. The van der Waals surface area contributed by atoms with Crippen LogP contribution in [0.1, 0.15) is 22.8 Å². The van der Waals surface area contributed by atoms with Crippen LogP contribution < -0.4 is 5.46 Å². The lowest BCUT2D eigenvalue weighted by Gasteiger charge is -2.18. The van der Waals surface area contributed by atoms with E-state index in [9.17, 15) is 20.4 Å². The van der Waals surface area contributed by atoms with Gasteiger partial charge in [0, 0.05) is 10.0 Å². The molecule has 0 aliphatic carbocycles. The Morgan fingerprint density at radius 3 is 2.32 bits per heavy atom. The van der Waals surface area contributed by atoms with Crippen LogP contribution in [0.15, 0.2) is 21.1 Å². The van der Waals surface area contributed by atoms with Gasteiger partial charge in [-0.3, -0.25) is 0 Å². The molecule has 2 radical (unpaired) electrons. The van der Waals surface area contributed by atoms with Gasteiger partial charge >= 0.3 is 0 Å². The molecule has 5 nitrogen and oxygen atoms in total. The maximum atomic E-state index is 9.82. The van der Waals surface area contributed by atoms with Gasteiger partial charge in [-0.05, 0) is 60.6 Å². The second-order valence-corrected chi connectivity index (χ2v) is 6.47. The van der Waals surface area contributed by atoms with Crippen molar-refractivity contribution in [3.05, 3.63) is 37.8 Å². The maximum Gasteiger partial charge on any atom is 0.173 e. The zero-order valence-corrected chi connectivity index (χ0v) is 14.1. The smallest absolute Gasteiger partial charge is 0.173 e. The van der Waals surface area contributed by atoms with E-state index in [0.29, 0.717) is 21.2 Å². The second-order valence-electron chi connectivity index (χ2n) is 4.88. The molecule has 112 valence electrons. The summed E-state index contributed by atoms with van der Waals surface area (Å²) in [4.78, 5) is 0. The van der Waals surface area contributed by atoms with E-state index in [1.807, 2.05) is 0 Å². The number of fused-ring (bicyclic) bond motifs is 1. The Labute approximate surface area is 143 Å². The fourth-order valence-electron chi connectivity index (χ4n) is 2.49. The van der Waals surface area contributed by atoms with Crippen molar-refractivity contribution >= 4 is 45.2 Å². The molecule has 0 bridgehead atoms. The highest BCUT2D eigenvalue weighted by atomic mass is 79.9. The van der Waals surface area contributed by atoms with E-state index in [4.69, 9.17) is 12.6 Å². The third-order valence-electron chi connectivity index (χ3n) is 3.58. The summed E-state index contributed by atoms with van der Waals surface area (Å²) in [5.74, 6) is -1.33. The first-order chi connectivity index (χ1) is 10.3. The molecule has 0 spiro atoms. The third kappa shape index (κ3) is 2.17. The summed E-state index contributed by atoms with van der Waals surface area (Å²) in [5, 5.41) is 39.0. The Morgan fingerprint density at radius 2 is 1.64 bits per heavy atom. The predicted molar refractivity (Wildman–Crippen MR) is 87.0 cm³/mol. The highest BCUT2D eigenvalue weighted by molar-refractivity contribution is 9.13. The van der Waals surface area contributed by atoms with Crippen molar-refractivity contribution in [3.63, 3.8) is 0 Å². The molecule has 2 aromatic carbocycles. The molecule has 0 saturated carbocycles. The summed E-state index contributed by atoms with van der Waals surface area (Å²) >= 11 is 6.51. The minimum absolute atomic E-state index is 0.0214. The number of hydrogen-bond donors (Lipinski definition) is 4. The quantitative estimate of drug-likeness (QED) is 0.414. The lowest BCUT2D eigenvalue weighted by atomic mass is 9.83. The first-order valence-corrected chi connectivity index (χ1v) is 7.76. The molecule has 0 aromatic heterocycles. The molecular weight excluding hydrogens is 419 g/mol. The molecular formula is C14H9BBr2O5. The molecule has 0 amide bonds. The van der Waals surface area contributed by atoms with E-state index >= 15 is 0 Å². The zero-order valence-electron chi connectivity index (χ0n) is 11.0. The predicted octanol–water partition coefficient (Wildman–Crippen LogP) is 2.45. The van der Waals surface area contributed by atoms with Gasteiger partial charge in [0.25, 0.3) is 0 Å². The molecule has 0 fully saturated rings. The van der Waals surface area contributed by atoms with Gasteiger partial charge in [0.2, 0.25) is 0 Å². The van der Waals surface area contributed by atoms with Crippen LogP contribution in [0.2, 0.25) is 0 Å². The molecule has 1 unspecified atom stereocenters. The molecule has 8 heteroatoms. The summed E-state index contributed by atoms with van der Waals surface area (Å²) in [6, 6.07) is 2.75. The average Bonchev–Trinajstić information content (AvgIpc) is 2.90. The fraction of sp³-hybridized carbons (Fsp3) is 0.143. The number of phenols is 4. The fourth-order valence-corrected chi connectivity index (χ4v) is 3.44. The monoisotopic (exact) mass is 426 g/mol. The Morgan fingerprint density at radius 1 is 1.00 bits per heavy atom. The minimum atomic E-state index is -0.654. The number of benzene rings is 2. The van der Waals surface area contributed by atoms with Gasteiger partial charge < -0.3 is 25.2 Å². The van der Waals surface area contributed by atoms with E-state index in [0.717, 1.165) is 0 Å². The van der Waals surface area contributed by atoms with E-state index in [1.54, 1.807) is 0 Å². The van der Waals surface area contributed by atoms with Crippen molar-refractivity contribution in [2.24, 2.45) is 0 Å². The summed E-state index contributed by atoms with van der Waals surface area (Å²) in [7, 11) is 5.89. The highest BCUT2D eigenvalue weighted by Gasteiger charge is 2.32. The largest absolute Gasteiger partial charge is 0.505 e. The maximum absolute atomic E-state index is 9.82. The highest BCUT2D eigenvalue weighted by Crippen LogP contribution is 2.47. The summed E-state index contributed by atoms with van der Waals surface area (Å²) in [6.07, 6.45) is -0.654. The first kappa shape index (κ1) is 15.5. The van der Waals surface area contributed by atoms with Gasteiger partial charge in [0.15, 0.2) is 23.0 Å². The molecule has 3 rings (SSSR count). The van der Waals surface area contributed by atoms with Crippen molar-refractivity contribution in [2.45, 2.75) is 12.7 Å². The van der Waals surface area contributed by atoms with Crippen LogP contribution in [0, 0.1) is 0 Å². The molecule has 1 heterocycles. The third-order valence-corrected chi connectivity index (χ3v) is 5.74. The Hall–Kier alpha value is -1.38. The van der Waals surface area contributed by atoms with Crippen LogP contribution in [0.3, 0.4) is 0 Å². The SMILES string of the molecule is [B]c1c(O)c(O)cc2c1C(c1cc(O)c(O)c(Br)c1Br)OC2. The summed E-state index contributed by atoms with van der Waals surface area (Å²) in [6.45, 7) is 0.198. The summed E-state index contributed by atoms with van der Waals surface area (Å²) in [5.41, 5.74) is 1.71. The minimum Gasteiger partial charge on any atom is -0.505 e. The standard InChI is InChI=1S/C14H9BBr2O5/c15-9-8-4(1-6(18)12(9)20)3-22-14(8)5-2-7(19)13(21)11(17)10(5)16/h1-2,14,18-21H,3H2. The Kier molecular flexibility index (Phi) is 3.78. The molecule has 2 aromatic rings. The van der Waals surface area contributed by atoms with Crippen molar-refractivity contribution in [3.8, 4) is 23.0 Å². The number of ether oxygens (including phenoxy) is 1. The van der Waals surface area contributed by atoms with E-state index < -0.39 is 11.9 Å². The van der Waals surface area contributed by atoms with Crippen LogP contribution >= 0.6 is 31.9 Å². The molecule has 22 heavy (non-hydrogen) atoms. The van der Waals surface area contributed by atoms with Crippen LogP contribution in [0.4, 0.5) is 0 Å². The molecule has 0 saturated heterocycles. The van der Waals surface area contributed by atoms with E-state index in [2.05, 4.69) is 31.9 Å². The Balaban J connectivity index is 2.22. The van der Waals surface area contributed by atoms with Crippen molar-refractivity contribution in [1.82, 2.24) is 0 Å². The number of rotatable bonds is 1. The van der Waals surface area contributed by atoms with Gasteiger partial charge in [0.1, 0.15) is 14.0 Å². The first-order valence-electron chi connectivity index (χ1n) is 6.17. The van der Waals surface area contributed by atoms with Gasteiger partial charge in [-0.15, -0.1) is 0 Å². The molecule has 1 aliphatic heterocycles. The lowest BCUT2D eigenvalue weighted by molar-refractivity contribution is 0.0935. The average molecular weight is 428 g/mol.